The summed E-state index contributed by atoms with van der Waals surface area (Å²) in [6.07, 6.45) is 4.06. The van der Waals surface area contributed by atoms with Crippen LogP contribution in [-0.2, 0) is 20.7 Å². The number of amides is 1. The molecule has 158 valence electrons. The van der Waals surface area contributed by atoms with Gasteiger partial charge in [-0.2, -0.15) is 0 Å². The van der Waals surface area contributed by atoms with Crippen LogP contribution >= 0.6 is 11.3 Å². The summed E-state index contributed by atoms with van der Waals surface area (Å²) in [5, 5.41) is 6.89. The van der Waals surface area contributed by atoms with Gasteiger partial charge >= 0.3 is 5.97 Å². The van der Waals surface area contributed by atoms with Gasteiger partial charge in [-0.05, 0) is 11.6 Å². The van der Waals surface area contributed by atoms with Gasteiger partial charge in [0.2, 0.25) is 5.91 Å². The minimum absolute atomic E-state index is 0.173. The molecule has 0 radical (unpaired) electrons. The number of methoxy groups -OCH3 is 1. The summed E-state index contributed by atoms with van der Waals surface area (Å²) < 4.78 is 4.93. The highest BCUT2D eigenvalue weighted by molar-refractivity contribution is 7.13. The Balaban J connectivity index is 1.34. The molecule has 1 aliphatic rings. The molecular formula is C21H25N5O3S. The minimum Gasteiger partial charge on any atom is -0.467 e. The van der Waals surface area contributed by atoms with Crippen LogP contribution in [0.3, 0.4) is 0 Å². The van der Waals surface area contributed by atoms with Gasteiger partial charge in [-0.15, -0.1) is 11.3 Å². The van der Waals surface area contributed by atoms with Crippen LogP contribution in [0.2, 0.25) is 0 Å². The fraction of sp³-hybridized carbons (Fsp3) is 0.381. The van der Waals surface area contributed by atoms with Gasteiger partial charge in [0.05, 0.1) is 13.7 Å². The second-order valence-corrected chi connectivity index (χ2v) is 8.16. The number of anilines is 1. The molecule has 0 bridgehead atoms. The average molecular weight is 428 g/mol. The summed E-state index contributed by atoms with van der Waals surface area (Å²) in [7, 11) is 1.34. The third-order valence-corrected chi connectivity index (χ3v) is 6.18. The van der Waals surface area contributed by atoms with Gasteiger partial charge in [-0.25, -0.2) is 9.78 Å². The van der Waals surface area contributed by atoms with Crippen molar-refractivity contribution in [2.24, 2.45) is 0 Å². The number of piperazine rings is 1. The zero-order chi connectivity index (χ0) is 20.9. The van der Waals surface area contributed by atoms with Crippen LogP contribution in [0, 0.1) is 0 Å². The summed E-state index contributed by atoms with van der Waals surface area (Å²) in [4.78, 5) is 36.8. The van der Waals surface area contributed by atoms with E-state index in [1.54, 1.807) is 17.5 Å². The fourth-order valence-corrected chi connectivity index (χ4v) is 4.47. The molecule has 1 aliphatic heterocycles. The van der Waals surface area contributed by atoms with Crippen molar-refractivity contribution < 1.29 is 14.3 Å². The first-order valence-electron chi connectivity index (χ1n) is 9.93. The van der Waals surface area contributed by atoms with Crippen molar-refractivity contribution >= 4 is 39.2 Å². The summed E-state index contributed by atoms with van der Waals surface area (Å²) >= 11 is 1.62. The normalized spacial score (nSPS) is 15.8. The summed E-state index contributed by atoms with van der Waals surface area (Å²) in [5.74, 6) is -0.616. The van der Waals surface area contributed by atoms with E-state index in [1.165, 1.54) is 7.11 Å². The monoisotopic (exact) mass is 427 g/mol. The molecule has 30 heavy (non-hydrogen) atoms. The Morgan fingerprint density at radius 2 is 2.07 bits per heavy atom. The lowest BCUT2D eigenvalue weighted by molar-refractivity contribution is -0.145. The minimum atomic E-state index is -0.724. The first-order chi connectivity index (χ1) is 14.6. The summed E-state index contributed by atoms with van der Waals surface area (Å²) in [6, 6.07) is 7.17. The highest BCUT2D eigenvalue weighted by Crippen LogP contribution is 2.20. The van der Waals surface area contributed by atoms with Gasteiger partial charge < -0.3 is 19.9 Å². The van der Waals surface area contributed by atoms with Crippen LogP contribution in [0.15, 0.2) is 42.0 Å². The topological polar surface area (TPSA) is 90.6 Å². The Morgan fingerprint density at radius 3 is 2.80 bits per heavy atom. The van der Waals surface area contributed by atoms with E-state index in [1.807, 2.05) is 35.8 Å². The van der Waals surface area contributed by atoms with E-state index in [4.69, 9.17) is 4.74 Å². The number of nitrogens with one attached hydrogen (secondary N) is 2. The van der Waals surface area contributed by atoms with E-state index in [9.17, 15) is 9.59 Å². The van der Waals surface area contributed by atoms with E-state index in [0.717, 1.165) is 47.8 Å². The lowest BCUT2D eigenvalue weighted by Gasteiger charge is -2.34. The van der Waals surface area contributed by atoms with E-state index in [0.29, 0.717) is 6.42 Å². The molecule has 0 aliphatic carbocycles. The highest BCUT2D eigenvalue weighted by Gasteiger charge is 2.25. The van der Waals surface area contributed by atoms with Crippen LogP contribution in [0.4, 0.5) is 5.13 Å². The summed E-state index contributed by atoms with van der Waals surface area (Å²) in [6.45, 7) is 3.47. The number of nitrogens with zero attached hydrogens (tertiary/aromatic N) is 3. The number of carbonyl (C=O) groups is 2. The van der Waals surface area contributed by atoms with Gasteiger partial charge in [0, 0.05) is 61.3 Å². The number of para-hydroxylation sites is 1. The maximum absolute atomic E-state index is 12.7. The fourth-order valence-electron chi connectivity index (χ4n) is 3.77. The van der Waals surface area contributed by atoms with Crippen molar-refractivity contribution in [2.45, 2.75) is 12.5 Å². The number of ether oxygens (including phenoxy) is 1. The largest absolute Gasteiger partial charge is 0.467 e. The van der Waals surface area contributed by atoms with Gasteiger partial charge in [0.1, 0.15) is 6.04 Å². The number of benzene rings is 1. The smallest absolute Gasteiger partial charge is 0.328 e. The van der Waals surface area contributed by atoms with Crippen molar-refractivity contribution in [3.63, 3.8) is 0 Å². The molecular weight excluding hydrogens is 402 g/mol. The molecule has 0 saturated carbocycles. The molecule has 1 fully saturated rings. The molecule has 2 N–H and O–H groups in total. The van der Waals surface area contributed by atoms with Crippen molar-refractivity contribution in [1.82, 2.24) is 20.2 Å². The molecule has 9 heteroatoms. The highest BCUT2D eigenvalue weighted by atomic mass is 32.1. The molecule has 0 spiro atoms. The molecule has 1 amide bonds. The lowest BCUT2D eigenvalue weighted by atomic mass is 10.0. The standard InChI is InChI=1S/C21H25N5O3S/c1-29-20(28)18(12-15-13-23-17-5-3-2-4-16(15)17)24-19(27)14-25-7-9-26(10-8-25)21-22-6-11-30-21/h2-6,11,13,18,23H,7-10,12,14H2,1H3,(H,24,27)/t18-/m0/s1. The van der Waals surface area contributed by atoms with Crippen molar-refractivity contribution in [1.29, 1.82) is 0 Å². The number of H-pyrrole nitrogens is 1. The Kier molecular flexibility index (Phi) is 6.29. The van der Waals surface area contributed by atoms with Crippen molar-refractivity contribution in [2.75, 3.05) is 44.7 Å². The quantitative estimate of drug-likeness (QED) is 0.557. The number of hydrogen-bond donors (Lipinski definition) is 2. The van der Waals surface area contributed by atoms with E-state index in [-0.39, 0.29) is 12.5 Å². The second-order valence-electron chi connectivity index (χ2n) is 7.28. The number of rotatable bonds is 7. The predicted octanol–water partition coefficient (Wildman–Crippen LogP) is 1.65. The Morgan fingerprint density at radius 1 is 1.27 bits per heavy atom. The van der Waals surface area contributed by atoms with Crippen molar-refractivity contribution in [3.05, 3.63) is 47.6 Å². The lowest BCUT2D eigenvalue weighted by Crippen LogP contribution is -2.52. The number of esters is 1. The molecule has 3 aromatic rings. The van der Waals surface area contributed by atoms with Crippen LogP contribution in [0.5, 0.6) is 0 Å². The molecule has 1 atom stereocenters. The van der Waals surface area contributed by atoms with Crippen LogP contribution in [-0.4, -0.2) is 72.6 Å². The van der Waals surface area contributed by atoms with E-state index >= 15 is 0 Å². The first-order valence-corrected chi connectivity index (χ1v) is 10.8. The maximum Gasteiger partial charge on any atom is 0.328 e. The SMILES string of the molecule is COC(=O)[C@H](Cc1c[nH]c2ccccc12)NC(=O)CN1CCN(c2nccs2)CC1. The number of aromatic nitrogens is 2. The molecule has 0 unspecified atom stereocenters. The average Bonchev–Trinajstić information content (AvgIpc) is 3.44. The van der Waals surface area contributed by atoms with Gasteiger partial charge in [0.25, 0.3) is 0 Å². The first kappa shape index (κ1) is 20.4. The Bertz CT molecular complexity index is 995. The molecule has 8 nitrogen and oxygen atoms in total. The number of thiazole rings is 1. The number of carbonyl (C=O) groups excluding carboxylic acids is 2. The van der Waals surface area contributed by atoms with Crippen LogP contribution < -0.4 is 10.2 Å². The third-order valence-electron chi connectivity index (χ3n) is 5.35. The Labute approximate surface area is 178 Å². The van der Waals surface area contributed by atoms with Gasteiger partial charge in [-0.3, -0.25) is 9.69 Å². The predicted molar refractivity (Wildman–Crippen MR) is 117 cm³/mol. The molecule has 4 rings (SSSR count). The van der Waals surface area contributed by atoms with Gasteiger partial charge in [-0.1, -0.05) is 18.2 Å². The molecule has 3 heterocycles. The number of fused-ring (bicyclic) bond motifs is 1. The molecule has 1 saturated heterocycles. The Hall–Kier alpha value is -2.91. The van der Waals surface area contributed by atoms with Gasteiger partial charge in [0.15, 0.2) is 5.13 Å². The zero-order valence-corrected chi connectivity index (χ0v) is 17.7. The number of hydrogen-bond acceptors (Lipinski definition) is 7. The summed E-state index contributed by atoms with van der Waals surface area (Å²) in [5.41, 5.74) is 1.97. The van der Waals surface area contributed by atoms with Crippen molar-refractivity contribution in [3.8, 4) is 0 Å². The molecule has 2 aromatic heterocycles. The van der Waals surface area contributed by atoms with E-state index < -0.39 is 12.0 Å². The van der Waals surface area contributed by atoms with Crippen LogP contribution in [0.1, 0.15) is 5.56 Å². The maximum atomic E-state index is 12.7. The molecule has 1 aromatic carbocycles. The second kappa shape index (κ2) is 9.27. The van der Waals surface area contributed by atoms with Crippen LogP contribution in [0.25, 0.3) is 10.9 Å². The van der Waals surface area contributed by atoms with E-state index in [2.05, 4.69) is 25.1 Å². The third kappa shape index (κ3) is 4.63. The zero-order valence-electron chi connectivity index (χ0n) is 16.8. The number of aromatic amines is 1.